The summed E-state index contributed by atoms with van der Waals surface area (Å²) in [6, 6.07) is 12.8. The lowest BCUT2D eigenvalue weighted by atomic mass is 9.93. The number of hydrogen-bond acceptors (Lipinski definition) is 4. The van der Waals surface area contributed by atoms with E-state index in [-0.39, 0.29) is 5.91 Å². The van der Waals surface area contributed by atoms with Crippen molar-refractivity contribution in [2.45, 2.75) is 33.2 Å². The summed E-state index contributed by atoms with van der Waals surface area (Å²) in [6.07, 6.45) is 0.852. The van der Waals surface area contributed by atoms with Crippen LogP contribution in [0.1, 0.15) is 37.4 Å². The summed E-state index contributed by atoms with van der Waals surface area (Å²) < 4.78 is 11.5. The van der Waals surface area contributed by atoms with Gasteiger partial charge in [-0.3, -0.25) is 4.79 Å². The van der Waals surface area contributed by atoms with Crippen molar-refractivity contribution in [1.82, 2.24) is 10.6 Å². The molecule has 1 aliphatic rings. The molecule has 7 heteroatoms. The van der Waals surface area contributed by atoms with E-state index in [2.05, 4.69) is 16.0 Å². The Hall–Kier alpha value is -3.06. The number of carbonyl (C=O) groups excluding carboxylic acids is 1. The van der Waals surface area contributed by atoms with Gasteiger partial charge in [-0.1, -0.05) is 37.3 Å². The molecule has 0 radical (unpaired) electrons. The third-order valence-corrected chi connectivity index (χ3v) is 5.12. The van der Waals surface area contributed by atoms with Crippen LogP contribution in [0.15, 0.2) is 53.7 Å². The van der Waals surface area contributed by atoms with Crippen LogP contribution in [0.2, 0.25) is 0 Å². The first-order valence-electron chi connectivity index (χ1n) is 9.91. The molecule has 0 bridgehead atoms. The molecular formula is C23H27N3O3S. The summed E-state index contributed by atoms with van der Waals surface area (Å²) in [4.78, 5) is 13.3. The fraction of sp³-hybridized carbons (Fsp3) is 0.304. The van der Waals surface area contributed by atoms with Crippen LogP contribution < -0.4 is 25.4 Å². The molecular weight excluding hydrogens is 398 g/mol. The third kappa shape index (κ3) is 4.57. The second kappa shape index (κ2) is 9.63. The lowest BCUT2D eigenvalue weighted by Crippen LogP contribution is -2.46. The summed E-state index contributed by atoms with van der Waals surface area (Å²) in [5.41, 5.74) is 3.78. The van der Waals surface area contributed by atoms with Crippen molar-refractivity contribution < 1.29 is 14.3 Å². The highest BCUT2D eigenvalue weighted by atomic mass is 32.1. The van der Waals surface area contributed by atoms with E-state index < -0.39 is 6.04 Å². The average Bonchev–Trinajstić information content (AvgIpc) is 2.72. The normalized spacial score (nSPS) is 15.9. The molecule has 1 unspecified atom stereocenters. The zero-order valence-corrected chi connectivity index (χ0v) is 18.5. The zero-order chi connectivity index (χ0) is 21.7. The molecule has 2 aromatic carbocycles. The van der Waals surface area contributed by atoms with Gasteiger partial charge < -0.3 is 25.4 Å². The zero-order valence-electron chi connectivity index (χ0n) is 17.7. The molecule has 2 aromatic rings. The van der Waals surface area contributed by atoms with Gasteiger partial charge in [0.25, 0.3) is 5.91 Å². The fourth-order valence-corrected chi connectivity index (χ4v) is 3.68. The first-order valence-corrected chi connectivity index (χ1v) is 10.3. The largest absolute Gasteiger partial charge is 0.493 e. The van der Waals surface area contributed by atoms with E-state index >= 15 is 0 Å². The molecule has 1 amide bonds. The van der Waals surface area contributed by atoms with E-state index in [9.17, 15) is 4.79 Å². The quantitative estimate of drug-likeness (QED) is 0.577. The van der Waals surface area contributed by atoms with Crippen molar-refractivity contribution in [2.24, 2.45) is 0 Å². The van der Waals surface area contributed by atoms with E-state index in [1.54, 1.807) is 7.11 Å². The first kappa shape index (κ1) is 21.6. The van der Waals surface area contributed by atoms with Gasteiger partial charge in [0.15, 0.2) is 16.6 Å². The van der Waals surface area contributed by atoms with Gasteiger partial charge in [0.1, 0.15) is 0 Å². The van der Waals surface area contributed by atoms with Crippen LogP contribution in [0.5, 0.6) is 11.5 Å². The number of para-hydroxylation sites is 2. The van der Waals surface area contributed by atoms with Crippen molar-refractivity contribution in [3.8, 4) is 11.5 Å². The maximum Gasteiger partial charge on any atom is 0.255 e. The highest BCUT2D eigenvalue weighted by Crippen LogP contribution is 2.39. The molecule has 0 saturated heterocycles. The molecule has 3 N–H and O–H groups in total. The van der Waals surface area contributed by atoms with E-state index in [1.165, 1.54) is 0 Å². The summed E-state index contributed by atoms with van der Waals surface area (Å²) in [5, 5.41) is 9.77. The van der Waals surface area contributed by atoms with Crippen LogP contribution in [0.4, 0.5) is 5.69 Å². The van der Waals surface area contributed by atoms with Gasteiger partial charge in [-0.2, -0.15) is 0 Å². The molecule has 0 aliphatic carbocycles. The van der Waals surface area contributed by atoms with Crippen LogP contribution in [0.3, 0.4) is 0 Å². The van der Waals surface area contributed by atoms with Gasteiger partial charge in [0, 0.05) is 16.9 Å². The summed E-state index contributed by atoms with van der Waals surface area (Å²) in [6.45, 7) is 6.38. The molecule has 1 aliphatic heterocycles. The standard InChI is InChI=1S/C23H27N3O3S/c1-5-13-29-21-16(10-8-12-18(21)28-4)20-19(15(3)24-23(30)26-20)22(27)25-17-11-7-6-9-14(17)2/h6-12,20H,5,13H2,1-4H3,(H,25,27)(H2,24,26,30). The Bertz CT molecular complexity index is 987. The predicted molar refractivity (Wildman–Crippen MR) is 123 cm³/mol. The molecule has 158 valence electrons. The lowest BCUT2D eigenvalue weighted by molar-refractivity contribution is -0.113. The predicted octanol–water partition coefficient (Wildman–Crippen LogP) is 4.22. The monoisotopic (exact) mass is 425 g/mol. The van der Waals surface area contributed by atoms with Crippen LogP contribution in [-0.2, 0) is 4.79 Å². The highest BCUT2D eigenvalue weighted by Gasteiger charge is 2.33. The van der Waals surface area contributed by atoms with Crippen molar-refractivity contribution in [3.05, 3.63) is 64.9 Å². The fourth-order valence-electron chi connectivity index (χ4n) is 3.41. The van der Waals surface area contributed by atoms with Crippen LogP contribution >= 0.6 is 12.2 Å². The summed E-state index contributed by atoms with van der Waals surface area (Å²) in [7, 11) is 1.60. The van der Waals surface area contributed by atoms with Crippen LogP contribution in [0, 0.1) is 6.92 Å². The number of anilines is 1. The van der Waals surface area contributed by atoms with E-state index in [0.717, 1.165) is 23.2 Å². The SMILES string of the molecule is CCCOc1c(OC)cccc1C1NC(=S)NC(C)=C1C(=O)Nc1ccccc1C. The minimum Gasteiger partial charge on any atom is -0.493 e. The van der Waals surface area contributed by atoms with Crippen molar-refractivity contribution in [2.75, 3.05) is 19.0 Å². The number of allylic oxidation sites excluding steroid dienone is 1. The van der Waals surface area contributed by atoms with Gasteiger partial charge in [-0.25, -0.2) is 0 Å². The van der Waals surface area contributed by atoms with Crippen LogP contribution in [-0.4, -0.2) is 24.7 Å². The Labute approximate surface area is 182 Å². The number of methoxy groups -OCH3 is 1. The Balaban J connectivity index is 2.04. The van der Waals surface area contributed by atoms with Gasteiger partial charge >= 0.3 is 0 Å². The average molecular weight is 426 g/mol. The number of hydrogen-bond donors (Lipinski definition) is 3. The van der Waals surface area contributed by atoms with Gasteiger partial charge in [0.05, 0.1) is 25.3 Å². The van der Waals surface area contributed by atoms with E-state index in [1.807, 2.05) is 63.2 Å². The number of benzene rings is 2. The van der Waals surface area contributed by atoms with Crippen molar-refractivity contribution >= 4 is 28.9 Å². The number of thiocarbonyl (C=S) groups is 1. The Morgan fingerprint density at radius 1 is 1.17 bits per heavy atom. The van der Waals surface area contributed by atoms with Gasteiger partial charge in [-0.05, 0) is 50.2 Å². The second-order valence-electron chi connectivity index (χ2n) is 7.07. The molecule has 0 fully saturated rings. The maximum absolute atomic E-state index is 13.3. The second-order valence-corrected chi connectivity index (χ2v) is 7.47. The minimum atomic E-state index is -0.482. The Morgan fingerprint density at radius 2 is 1.93 bits per heavy atom. The smallest absolute Gasteiger partial charge is 0.255 e. The summed E-state index contributed by atoms with van der Waals surface area (Å²) in [5.74, 6) is 1.01. The topological polar surface area (TPSA) is 71.6 Å². The number of carbonyl (C=O) groups is 1. The van der Waals surface area contributed by atoms with E-state index in [4.69, 9.17) is 21.7 Å². The molecule has 0 spiro atoms. The summed E-state index contributed by atoms with van der Waals surface area (Å²) >= 11 is 5.38. The first-order chi connectivity index (χ1) is 14.5. The molecule has 30 heavy (non-hydrogen) atoms. The van der Waals surface area contributed by atoms with Crippen molar-refractivity contribution in [3.63, 3.8) is 0 Å². The number of rotatable bonds is 7. The Morgan fingerprint density at radius 3 is 2.63 bits per heavy atom. The Kier molecular flexibility index (Phi) is 6.95. The van der Waals surface area contributed by atoms with Crippen molar-refractivity contribution in [1.29, 1.82) is 0 Å². The van der Waals surface area contributed by atoms with Gasteiger partial charge in [0.2, 0.25) is 0 Å². The minimum absolute atomic E-state index is 0.210. The molecule has 0 aromatic heterocycles. The lowest BCUT2D eigenvalue weighted by Gasteiger charge is -2.31. The van der Waals surface area contributed by atoms with E-state index in [0.29, 0.717) is 34.5 Å². The number of nitrogens with one attached hydrogen (secondary N) is 3. The molecule has 1 heterocycles. The number of aryl methyl sites for hydroxylation is 1. The van der Waals surface area contributed by atoms with Crippen LogP contribution in [0.25, 0.3) is 0 Å². The molecule has 3 rings (SSSR count). The maximum atomic E-state index is 13.3. The number of ether oxygens (including phenoxy) is 2. The molecule has 6 nitrogen and oxygen atoms in total. The third-order valence-electron chi connectivity index (χ3n) is 4.90. The van der Waals surface area contributed by atoms with Gasteiger partial charge in [-0.15, -0.1) is 0 Å². The molecule has 1 atom stereocenters. The molecule has 0 saturated carbocycles. The number of amides is 1. The highest BCUT2D eigenvalue weighted by molar-refractivity contribution is 7.80.